The Balaban J connectivity index is 1.67. The quantitative estimate of drug-likeness (QED) is 0.877. The highest BCUT2D eigenvalue weighted by molar-refractivity contribution is 6.03. The molecule has 1 aliphatic heterocycles. The van der Waals surface area contributed by atoms with Crippen molar-refractivity contribution >= 4 is 5.78 Å². The Labute approximate surface area is 106 Å². The summed E-state index contributed by atoms with van der Waals surface area (Å²) < 4.78 is 11.2. The number of rotatable bonds is 3. The number of benzene rings is 1. The molecule has 2 atom stereocenters. The van der Waals surface area contributed by atoms with Crippen LogP contribution in [0.2, 0.25) is 0 Å². The van der Waals surface area contributed by atoms with Gasteiger partial charge in [-0.2, -0.15) is 0 Å². The molecule has 1 N–H and O–H groups in total. The fraction of sp³-hybridized carbons (Fsp3) is 0.500. The second-order valence-corrected chi connectivity index (χ2v) is 4.85. The summed E-state index contributed by atoms with van der Waals surface area (Å²) >= 11 is 0. The Kier molecular flexibility index (Phi) is 3.06. The van der Waals surface area contributed by atoms with E-state index in [1.807, 2.05) is 6.07 Å². The second-order valence-electron chi connectivity index (χ2n) is 4.85. The smallest absolute Gasteiger partial charge is 0.191 e. The Bertz CT molecular complexity index is 463. The van der Waals surface area contributed by atoms with Gasteiger partial charge in [0.2, 0.25) is 0 Å². The summed E-state index contributed by atoms with van der Waals surface area (Å²) in [6.45, 7) is 1.37. The predicted molar refractivity (Wildman–Crippen MR) is 65.0 cm³/mol. The Hall–Kier alpha value is -1.39. The molecule has 1 heterocycles. The maximum Gasteiger partial charge on any atom is 0.191 e. The Morgan fingerprint density at radius 2 is 2.33 bits per heavy atom. The summed E-state index contributed by atoms with van der Waals surface area (Å²) in [5.74, 6) is 0.557. The third kappa shape index (κ3) is 2.13. The SMILES string of the molecule is O=C1c2ccc(OCC3CCCO3)cc2CC1O. The second kappa shape index (κ2) is 4.71. The van der Waals surface area contributed by atoms with Crippen molar-refractivity contribution in [2.45, 2.75) is 31.5 Å². The van der Waals surface area contributed by atoms with Crippen LogP contribution in [0.25, 0.3) is 0 Å². The molecule has 4 heteroatoms. The first kappa shape index (κ1) is 11.7. The molecule has 1 saturated heterocycles. The number of ketones is 1. The molecule has 18 heavy (non-hydrogen) atoms. The lowest BCUT2D eigenvalue weighted by Gasteiger charge is -2.12. The summed E-state index contributed by atoms with van der Waals surface area (Å²) in [6.07, 6.45) is 1.84. The van der Waals surface area contributed by atoms with Crippen LogP contribution < -0.4 is 4.74 Å². The lowest BCUT2D eigenvalue weighted by atomic mass is 10.1. The lowest BCUT2D eigenvalue weighted by molar-refractivity contribution is 0.0679. The Morgan fingerprint density at radius 3 is 3.11 bits per heavy atom. The molecule has 0 aromatic heterocycles. The van der Waals surface area contributed by atoms with Crippen molar-refractivity contribution in [3.05, 3.63) is 29.3 Å². The molecular weight excluding hydrogens is 232 g/mol. The van der Waals surface area contributed by atoms with E-state index in [4.69, 9.17) is 9.47 Å². The van der Waals surface area contributed by atoms with Crippen LogP contribution in [0, 0.1) is 0 Å². The van der Waals surface area contributed by atoms with Gasteiger partial charge in [-0.05, 0) is 36.6 Å². The van der Waals surface area contributed by atoms with Crippen LogP contribution in [0.3, 0.4) is 0 Å². The first-order chi connectivity index (χ1) is 8.74. The monoisotopic (exact) mass is 248 g/mol. The fourth-order valence-electron chi connectivity index (χ4n) is 2.51. The highest BCUT2D eigenvalue weighted by atomic mass is 16.5. The maximum atomic E-state index is 11.6. The number of aliphatic hydroxyl groups excluding tert-OH is 1. The number of fused-ring (bicyclic) bond motifs is 1. The van der Waals surface area contributed by atoms with Gasteiger partial charge in [0.25, 0.3) is 0 Å². The molecule has 96 valence electrons. The molecule has 4 nitrogen and oxygen atoms in total. The largest absolute Gasteiger partial charge is 0.491 e. The van der Waals surface area contributed by atoms with Crippen LogP contribution in [0.1, 0.15) is 28.8 Å². The van der Waals surface area contributed by atoms with Crippen molar-refractivity contribution in [2.75, 3.05) is 13.2 Å². The number of hydrogen-bond acceptors (Lipinski definition) is 4. The molecule has 1 aliphatic carbocycles. The van der Waals surface area contributed by atoms with Gasteiger partial charge >= 0.3 is 0 Å². The number of hydrogen-bond donors (Lipinski definition) is 1. The normalized spacial score (nSPS) is 26.4. The van der Waals surface area contributed by atoms with Gasteiger partial charge in [-0.3, -0.25) is 4.79 Å². The number of carbonyl (C=O) groups excluding carboxylic acids is 1. The highest BCUT2D eigenvalue weighted by Crippen LogP contribution is 2.27. The van der Waals surface area contributed by atoms with E-state index in [-0.39, 0.29) is 11.9 Å². The highest BCUT2D eigenvalue weighted by Gasteiger charge is 2.28. The minimum Gasteiger partial charge on any atom is -0.491 e. The summed E-state index contributed by atoms with van der Waals surface area (Å²) in [7, 11) is 0. The minimum atomic E-state index is -0.881. The lowest BCUT2D eigenvalue weighted by Crippen LogP contribution is -2.16. The molecule has 3 rings (SSSR count). The number of ether oxygens (including phenoxy) is 2. The summed E-state index contributed by atoms with van der Waals surface area (Å²) in [4.78, 5) is 11.6. The molecule has 0 amide bonds. The Morgan fingerprint density at radius 1 is 1.44 bits per heavy atom. The van der Waals surface area contributed by atoms with E-state index in [0.29, 0.717) is 18.6 Å². The minimum absolute atomic E-state index is 0.185. The molecule has 1 aromatic rings. The van der Waals surface area contributed by atoms with Crippen LogP contribution in [0.5, 0.6) is 5.75 Å². The summed E-state index contributed by atoms with van der Waals surface area (Å²) in [6, 6.07) is 5.36. The third-order valence-electron chi connectivity index (χ3n) is 3.52. The van der Waals surface area contributed by atoms with E-state index in [1.165, 1.54) is 0 Å². The molecule has 2 unspecified atom stereocenters. The van der Waals surface area contributed by atoms with Crippen molar-refractivity contribution in [1.82, 2.24) is 0 Å². The topological polar surface area (TPSA) is 55.8 Å². The van der Waals surface area contributed by atoms with Crippen molar-refractivity contribution in [1.29, 1.82) is 0 Å². The standard InChI is InChI=1S/C14H16O4/c15-13-7-9-6-10(3-4-12(9)14(13)16)18-8-11-2-1-5-17-11/h3-4,6,11,13,15H,1-2,5,7-8H2. The van der Waals surface area contributed by atoms with Gasteiger partial charge in [-0.1, -0.05) is 0 Å². The van der Waals surface area contributed by atoms with Crippen LogP contribution in [-0.4, -0.2) is 36.3 Å². The number of carbonyl (C=O) groups is 1. The number of Topliss-reactive ketones (excluding diaryl/α,β-unsaturated/α-hetero) is 1. The zero-order valence-corrected chi connectivity index (χ0v) is 10.1. The van der Waals surface area contributed by atoms with Crippen LogP contribution in [0.4, 0.5) is 0 Å². The number of aliphatic hydroxyl groups is 1. The molecule has 1 aromatic carbocycles. The van der Waals surface area contributed by atoms with Gasteiger partial charge in [0.15, 0.2) is 5.78 Å². The van der Waals surface area contributed by atoms with Crippen molar-refractivity contribution in [3.63, 3.8) is 0 Å². The van der Waals surface area contributed by atoms with Gasteiger partial charge in [0, 0.05) is 18.6 Å². The van der Waals surface area contributed by atoms with Gasteiger partial charge in [0.05, 0.1) is 6.10 Å². The van der Waals surface area contributed by atoms with Gasteiger partial charge < -0.3 is 14.6 Å². The van der Waals surface area contributed by atoms with E-state index in [1.54, 1.807) is 12.1 Å². The summed E-state index contributed by atoms with van der Waals surface area (Å²) in [5, 5.41) is 9.50. The van der Waals surface area contributed by atoms with Crippen molar-refractivity contribution < 1.29 is 19.4 Å². The fourth-order valence-corrected chi connectivity index (χ4v) is 2.51. The van der Waals surface area contributed by atoms with Gasteiger partial charge in [-0.15, -0.1) is 0 Å². The zero-order chi connectivity index (χ0) is 12.5. The predicted octanol–water partition coefficient (Wildman–Crippen LogP) is 1.34. The first-order valence-electron chi connectivity index (χ1n) is 6.33. The maximum absolute atomic E-state index is 11.6. The van der Waals surface area contributed by atoms with Crippen LogP contribution in [-0.2, 0) is 11.2 Å². The molecule has 0 bridgehead atoms. The zero-order valence-electron chi connectivity index (χ0n) is 10.1. The van der Waals surface area contributed by atoms with Crippen molar-refractivity contribution in [3.8, 4) is 5.75 Å². The average Bonchev–Trinajstić information content (AvgIpc) is 2.97. The third-order valence-corrected chi connectivity index (χ3v) is 3.52. The van der Waals surface area contributed by atoms with E-state index < -0.39 is 6.10 Å². The molecule has 2 aliphatic rings. The van der Waals surface area contributed by atoms with E-state index in [0.717, 1.165) is 30.8 Å². The van der Waals surface area contributed by atoms with Crippen LogP contribution >= 0.6 is 0 Å². The first-order valence-corrected chi connectivity index (χ1v) is 6.33. The van der Waals surface area contributed by atoms with E-state index in [9.17, 15) is 9.90 Å². The molecule has 1 fully saturated rings. The van der Waals surface area contributed by atoms with E-state index in [2.05, 4.69) is 0 Å². The van der Waals surface area contributed by atoms with Crippen molar-refractivity contribution in [2.24, 2.45) is 0 Å². The molecular formula is C14H16O4. The van der Waals surface area contributed by atoms with Gasteiger partial charge in [0.1, 0.15) is 18.5 Å². The molecule has 0 radical (unpaired) electrons. The average molecular weight is 248 g/mol. The van der Waals surface area contributed by atoms with Crippen LogP contribution in [0.15, 0.2) is 18.2 Å². The van der Waals surface area contributed by atoms with Gasteiger partial charge in [-0.25, -0.2) is 0 Å². The summed E-state index contributed by atoms with van der Waals surface area (Å²) in [5.41, 5.74) is 1.49. The molecule has 0 spiro atoms. The van der Waals surface area contributed by atoms with E-state index >= 15 is 0 Å². The molecule has 0 saturated carbocycles.